The van der Waals surface area contributed by atoms with Crippen molar-refractivity contribution in [3.63, 3.8) is 0 Å². The minimum absolute atomic E-state index is 0.193. The van der Waals surface area contributed by atoms with E-state index >= 15 is 0 Å². The highest BCUT2D eigenvalue weighted by molar-refractivity contribution is 7.99. The topological polar surface area (TPSA) is 69.6 Å². The molecule has 2 aromatic heterocycles. The molecule has 1 aromatic carbocycles. The van der Waals surface area contributed by atoms with Crippen LogP contribution in [0.25, 0.3) is 11.2 Å². The SMILES string of the molecule is CCCCSc1nc(N)c2ncn(Cc3ccc(F)cc3F)c2n1. The molecule has 0 spiro atoms. The second-order valence-corrected chi connectivity index (χ2v) is 6.44. The Labute approximate surface area is 142 Å². The summed E-state index contributed by atoms with van der Waals surface area (Å²) < 4.78 is 28.6. The molecule has 0 atom stereocenters. The normalized spacial score (nSPS) is 11.3. The van der Waals surface area contributed by atoms with Gasteiger partial charge >= 0.3 is 0 Å². The van der Waals surface area contributed by atoms with E-state index in [1.165, 1.54) is 23.9 Å². The first kappa shape index (κ1) is 16.6. The van der Waals surface area contributed by atoms with Gasteiger partial charge in [-0.05, 0) is 12.5 Å². The van der Waals surface area contributed by atoms with E-state index in [0.717, 1.165) is 24.7 Å². The lowest BCUT2D eigenvalue weighted by Crippen LogP contribution is -2.04. The van der Waals surface area contributed by atoms with E-state index in [0.29, 0.717) is 27.7 Å². The number of unbranched alkanes of at least 4 members (excludes halogenated alkanes) is 1. The molecule has 0 unspecified atom stereocenters. The summed E-state index contributed by atoms with van der Waals surface area (Å²) in [6, 6.07) is 3.51. The van der Waals surface area contributed by atoms with Crippen molar-refractivity contribution in [1.29, 1.82) is 0 Å². The fourth-order valence-corrected chi connectivity index (χ4v) is 3.20. The maximum Gasteiger partial charge on any atom is 0.191 e. The molecular weight excluding hydrogens is 332 g/mol. The van der Waals surface area contributed by atoms with E-state index in [9.17, 15) is 8.78 Å². The summed E-state index contributed by atoms with van der Waals surface area (Å²) in [5.74, 6) is 0.00370. The third kappa shape index (κ3) is 3.48. The van der Waals surface area contributed by atoms with Gasteiger partial charge in [-0.25, -0.2) is 23.7 Å². The summed E-state index contributed by atoms with van der Waals surface area (Å²) in [5, 5.41) is 0.578. The van der Waals surface area contributed by atoms with Gasteiger partial charge in [0.25, 0.3) is 0 Å². The molecule has 5 nitrogen and oxygen atoms in total. The summed E-state index contributed by atoms with van der Waals surface area (Å²) in [7, 11) is 0. The molecule has 2 N–H and O–H groups in total. The molecule has 0 aliphatic heterocycles. The largest absolute Gasteiger partial charge is 0.382 e. The Bertz CT molecular complexity index is 865. The zero-order valence-corrected chi connectivity index (χ0v) is 14.0. The molecule has 2 heterocycles. The Balaban J connectivity index is 1.93. The molecule has 0 amide bonds. The first-order valence-corrected chi connectivity index (χ1v) is 8.62. The zero-order chi connectivity index (χ0) is 17.1. The molecule has 0 saturated heterocycles. The smallest absolute Gasteiger partial charge is 0.191 e. The van der Waals surface area contributed by atoms with Crippen molar-refractivity contribution in [1.82, 2.24) is 19.5 Å². The van der Waals surface area contributed by atoms with Gasteiger partial charge in [-0.1, -0.05) is 31.2 Å². The number of thioether (sulfide) groups is 1. The van der Waals surface area contributed by atoms with E-state index in [4.69, 9.17) is 5.73 Å². The van der Waals surface area contributed by atoms with Gasteiger partial charge in [0.2, 0.25) is 0 Å². The van der Waals surface area contributed by atoms with Gasteiger partial charge in [0.05, 0.1) is 12.9 Å². The number of nitrogen functional groups attached to an aromatic ring is 1. The van der Waals surface area contributed by atoms with Crippen molar-refractivity contribution in [2.45, 2.75) is 31.5 Å². The molecule has 3 aromatic rings. The fraction of sp³-hybridized carbons (Fsp3) is 0.312. The molecule has 0 saturated carbocycles. The Morgan fingerprint density at radius 1 is 1.25 bits per heavy atom. The Morgan fingerprint density at radius 3 is 2.83 bits per heavy atom. The van der Waals surface area contributed by atoms with Crippen molar-refractivity contribution >= 4 is 28.7 Å². The first-order chi connectivity index (χ1) is 11.6. The first-order valence-electron chi connectivity index (χ1n) is 7.63. The second kappa shape index (κ2) is 7.12. The van der Waals surface area contributed by atoms with E-state index < -0.39 is 11.6 Å². The molecule has 0 aliphatic carbocycles. The van der Waals surface area contributed by atoms with Gasteiger partial charge in [0.1, 0.15) is 17.2 Å². The number of imidazole rings is 1. The summed E-state index contributed by atoms with van der Waals surface area (Å²) in [6.45, 7) is 2.31. The van der Waals surface area contributed by atoms with Crippen LogP contribution >= 0.6 is 11.8 Å². The number of rotatable bonds is 6. The zero-order valence-electron chi connectivity index (χ0n) is 13.2. The van der Waals surface area contributed by atoms with Crippen LogP contribution in [-0.4, -0.2) is 25.3 Å². The Kier molecular flexibility index (Phi) is 4.94. The van der Waals surface area contributed by atoms with Gasteiger partial charge in [-0.2, -0.15) is 0 Å². The third-order valence-electron chi connectivity index (χ3n) is 3.56. The second-order valence-electron chi connectivity index (χ2n) is 5.37. The molecular formula is C16H17F2N5S. The van der Waals surface area contributed by atoms with Gasteiger partial charge in [-0.15, -0.1) is 0 Å². The monoisotopic (exact) mass is 349 g/mol. The number of hydrogen-bond donors (Lipinski definition) is 1. The summed E-state index contributed by atoms with van der Waals surface area (Å²) >= 11 is 1.53. The van der Waals surface area contributed by atoms with Crippen LogP contribution in [0.3, 0.4) is 0 Å². The molecule has 0 radical (unpaired) electrons. The van der Waals surface area contributed by atoms with E-state index in [2.05, 4.69) is 21.9 Å². The van der Waals surface area contributed by atoms with Crippen molar-refractivity contribution in [3.05, 3.63) is 41.7 Å². The third-order valence-corrected chi connectivity index (χ3v) is 4.49. The van der Waals surface area contributed by atoms with Crippen molar-refractivity contribution < 1.29 is 8.78 Å². The molecule has 0 bridgehead atoms. The van der Waals surface area contributed by atoms with Crippen LogP contribution < -0.4 is 5.73 Å². The number of aromatic nitrogens is 4. The lowest BCUT2D eigenvalue weighted by Gasteiger charge is -2.07. The predicted molar refractivity (Wildman–Crippen MR) is 90.8 cm³/mol. The molecule has 0 aliphatic rings. The minimum Gasteiger partial charge on any atom is -0.382 e. The summed E-state index contributed by atoms with van der Waals surface area (Å²) in [4.78, 5) is 12.9. The van der Waals surface area contributed by atoms with Crippen LogP contribution in [0.5, 0.6) is 0 Å². The highest BCUT2D eigenvalue weighted by Crippen LogP contribution is 2.23. The number of halogens is 2. The quantitative estimate of drug-likeness (QED) is 0.418. The van der Waals surface area contributed by atoms with Crippen LogP contribution in [0, 0.1) is 11.6 Å². The number of anilines is 1. The average molecular weight is 349 g/mol. The van der Waals surface area contributed by atoms with Crippen molar-refractivity contribution in [3.8, 4) is 0 Å². The molecule has 3 rings (SSSR count). The summed E-state index contributed by atoms with van der Waals surface area (Å²) in [6.07, 6.45) is 3.69. The standard InChI is InChI=1S/C16H17F2N5S/c1-2-3-6-24-16-21-14(19)13-15(22-16)23(9-20-13)8-10-4-5-11(17)7-12(10)18/h4-5,7,9H,2-3,6,8H2,1H3,(H2,19,21,22). The van der Waals surface area contributed by atoms with Crippen LogP contribution in [-0.2, 0) is 6.54 Å². The van der Waals surface area contributed by atoms with Crippen LogP contribution in [0.2, 0.25) is 0 Å². The van der Waals surface area contributed by atoms with Crippen LogP contribution in [0.1, 0.15) is 25.3 Å². The number of hydrogen-bond acceptors (Lipinski definition) is 5. The highest BCUT2D eigenvalue weighted by Gasteiger charge is 2.13. The van der Waals surface area contributed by atoms with Gasteiger partial charge in [-0.3, -0.25) is 0 Å². The lowest BCUT2D eigenvalue weighted by molar-refractivity contribution is 0.567. The Morgan fingerprint density at radius 2 is 2.08 bits per heavy atom. The van der Waals surface area contributed by atoms with E-state index in [1.807, 2.05) is 0 Å². The van der Waals surface area contributed by atoms with Gasteiger partial charge in [0, 0.05) is 17.4 Å². The van der Waals surface area contributed by atoms with Gasteiger partial charge in [0.15, 0.2) is 16.6 Å². The average Bonchev–Trinajstić information content (AvgIpc) is 2.94. The molecule has 0 fully saturated rings. The molecule has 24 heavy (non-hydrogen) atoms. The minimum atomic E-state index is -0.604. The fourth-order valence-electron chi connectivity index (χ4n) is 2.27. The maximum absolute atomic E-state index is 13.9. The van der Waals surface area contributed by atoms with E-state index in [1.54, 1.807) is 10.9 Å². The van der Waals surface area contributed by atoms with Crippen molar-refractivity contribution in [2.75, 3.05) is 11.5 Å². The van der Waals surface area contributed by atoms with Gasteiger partial charge < -0.3 is 10.3 Å². The maximum atomic E-state index is 13.9. The number of benzene rings is 1. The summed E-state index contributed by atoms with van der Waals surface area (Å²) in [5.41, 5.74) is 7.34. The Hall–Kier alpha value is -2.22. The molecule has 8 heteroatoms. The van der Waals surface area contributed by atoms with Crippen LogP contribution in [0.4, 0.5) is 14.6 Å². The number of nitrogens with zero attached hydrogens (tertiary/aromatic N) is 4. The van der Waals surface area contributed by atoms with Crippen LogP contribution in [0.15, 0.2) is 29.7 Å². The number of fused-ring (bicyclic) bond motifs is 1. The lowest BCUT2D eigenvalue weighted by atomic mass is 10.2. The number of nitrogens with two attached hydrogens (primary N) is 1. The molecule has 126 valence electrons. The van der Waals surface area contributed by atoms with E-state index in [-0.39, 0.29) is 6.54 Å². The highest BCUT2D eigenvalue weighted by atomic mass is 32.2. The van der Waals surface area contributed by atoms with Crippen molar-refractivity contribution in [2.24, 2.45) is 0 Å². The predicted octanol–water partition coefficient (Wildman–Crippen LogP) is 3.63.